The minimum absolute atomic E-state index is 0.0320. The van der Waals surface area contributed by atoms with Crippen LogP contribution in [0.1, 0.15) is 18.9 Å². The van der Waals surface area contributed by atoms with Crippen LogP contribution in [-0.2, 0) is 9.53 Å². The maximum atomic E-state index is 11.2. The van der Waals surface area contributed by atoms with E-state index in [0.29, 0.717) is 16.5 Å². The summed E-state index contributed by atoms with van der Waals surface area (Å²) < 4.78 is 5.27. The molecule has 5 nitrogen and oxygen atoms in total. The van der Waals surface area contributed by atoms with Crippen molar-refractivity contribution in [2.45, 2.75) is 30.4 Å². The number of nitro benzene ring substituents is 1. The Morgan fingerprint density at radius 2 is 2.21 bits per heavy atom. The van der Waals surface area contributed by atoms with Crippen LogP contribution in [-0.4, -0.2) is 23.3 Å². The van der Waals surface area contributed by atoms with E-state index in [1.165, 1.54) is 24.9 Å². The van der Waals surface area contributed by atoms with Gasteiger partial charge in [-0.15, -0.1) is 11.8 Å². The molecule has 0 aromatic heterocycles. The fourth-order valence-electron chi connectivity index (χ4n) is 1.51. The van der Waals surface area contributed by atoms with E-state index in [0.717, 1.165) is 4.90 Å². The number of hydrogen-bond acceptors (Lipinski definition) is 5. The molecule has 104 valence electrons. The molecule has 7 heteroatoms. The van der Waals surface area contributed by atoms with Crippen LogP contribution in [0.4, 0.5) is 5.69 Å². The molecule has 0 radical (unpaired) electrons. The number of nitro groups is 1. The Labute approximate surface area is 124 Å². The van der Waals surface area contributed by atoms with Gasteiger partial charge < -0.3 is 4.74 Å². The van der Waals surface area contributed by atoms with Crippen LogP contribution in [0.15, 0.2) is 21.5 Å². The molecule has 0 fully saturated rings. The van der Waals surface area contributed by atoms with Crippen molar-refractivity contribution in [3.8, 4) is 0 Å². The number of esters is 1. The van der Waals surface area contributed by atoms with Gasteiger partial charge >= 0.3 is 5.97 Å². The zero-order valence-electron chi connectivity index (χ0n) is 10.8. The third-order valence-electron chi connectivity index (χ3n) is 2.46. The number of methoxy groups -OCH3 is 1. The molecule has 1 aromatic rings. The smallest absolute Gasteiger partial charge is 0.306 e. The van der Waals surface area contributed by atoms with E-state index < -0.39 is 4.92 Å². The Morgan fingerprint density at radius 1 is 1.58 bits per heavy atom. The van der Waals surface area contributed by atoms with Crippen molar-refractivity contribution in [1.29, 1.82) is 0 Å². The Hall–Kier alpha value is -1.08. The summed E-state index contributed by atoms with van der Waals surface area (Å²) in [7, 11) is 1.35. The van der Waals surface area contributed by atoms with E-state index in [2.05, 4.69) is 20.7 Å². The zero-order valence-corrected chi connectivity index (χ0v) is 13.2. The standard InChI is InChI=1S/C12H14BrNO4S/c1-7-4-11(9(13)6-10(7)14(16)17)19-8(2)5-12(15)18-3/h4,6,8H,5H2,1-3H3. The maximum Gasteiger partial charge on any atom is 0.306 e. The highest BCUT2D eigenvalue weighted by Crippen LogP contribution is 2.36. The second-order valence-corrected chi connectivity index (χ2v) is 6.37. The van der Waals surface area contributed by atoms with E-state index in [-0.39, 0.29) is 16.9 Å². The topological polar surface area (TPSA) is 69.4 Å². The highest BCUT2D eigenvalue weighted by molar-refractivity contribution is 9.10. The van der Waals surface area contributed by atoms with Gasteiger partial charge in [0, 0.05) is 26.2 Å². The molecule has 0 saturated heterocycles. The molecular formula is C12H14BrNO4S. The van der Waals surface area contributed by atoms with E-state index in [9.17, 15) is 14.9 Å². The van der Waals surface area contributed by atoms with Crippen molar-refractivity contribution in [3.63, 3.8) is 0 Å². The molecule has 0 amide bonds. The molecule has 1 unspecified atom stereocenters. The first-order chi connectivity index (χ1) is 8.85. The monoisotopic (exact) mass is 347 g/mol. The first kappa shape index (κ1) is 16.0. The zero-order chi connectivity index (χ0) is 14.6. The normalized spacial score (nSPS) is 12.0. The second-order valence-electron chi connectivity index (χ2n) is 4.03. The average Bonchev–Trinajstić information content (AvgIpc) is 2.32. The molecule has 0 bridgehead atoms. The number of benzene rings is 1. The maximum absolute atomic E-state index is 11.2. The number of hydrogen-bond donors (Lipinski definition) is 0. The van der Waals surface area contributed by atoms with Gasteiger partial charge in [-0.1, -0.05) is 6.92 Å². The van der Waals surface area contributed by atoms with Gasteiger partial charge in [0.15, 0.2) is 0 Å². The van der Waals surface area contributed by atoms with Gasteiger partial charge in [-0.3, -0.25) is 14.9 Å². The summed E-state index contributed by atoms with van der Waals surface area (Å²) in [6.07, 6.45) is 0.295. The SMILES string of the molecule is COC(=O)CC(C)Sc1cc(C)c([N+](=O)[O-])cc1Br. The Morgan fingerprint density at radius 3 is 2.74 bits per heavy atom. The lowest BCUT2D eigenvalue weighted by Gasteiger charge is -2.12. The van der Waals surface area contributed by atoms with Crippen molar-refractivity contribution >= 4 is 39.3 Å². The third kappa shape index (κ3) is 4.50. The van der Waals surface area contributed by atoms with Crippen LogP contribution < -0.4 is 0 Å². The Kier molecular flexibility index (Phi) is 5.81. The summed E-state index contributed by atoms with van der Waals surface area (Å²) in [5.41, 5.74) is 0.679. The van der Waals surface area contributed by atoms with E-state index in [1.54, 1.807) is 13.0 Å². The van der Waals surface area contributed by atoms with Gasteiger partial charge in [0.25, 0.3) is 5.69 Å². The van der Waals surface area contributed by atoms with Gasteiger partial charge in [-0.2, -0.15) is 0 Å². The van der Waals surface area contributed by atoms with Crippen LogP contribution >= 0.6 is 27.7 Å². The molecule has 0 heterocycles. The van der Waals surface area contributed by atoms with E-state index in [4.69, 9.17) is 0 Å². The summed E-state index contributed by atoms with van der Waals surface area (Å²) in [5.74, 6) is -0.269. The van der Waals surface area contributed by atoms with Crippen LogP contribution in [0.2, 0.25) is 0 Å². The van der Waals surface area contributed by atoms with Crippen LogP contribution in [0.25, 0.3) is 0 Å². The summed E-state index contributed by atoms with van der Waals surface area (Å²) in [6.45, 7) is 3.60. The summed E-state index contributed by atoms with van der Waals surface area (Å²) in [6, 6.07) is 3.24. The number of carbonyl (C=O) groups excluding carboxylic acids is 1. The molecule has 0 N–H and O–H groups in total. The van der Waals surface area contributed by atoms with Crippen molar-refractivity contribution in [2.24, 2.45) is 0 Å². The molecule has 0 saturated carbocycles. The van der Waals surface area contributed by atoms with Gasteiger partial charge in [0.05, 0.1) is 18.5 Å². The highest BCUT2D eigenvalue weighted by atomic mass is 79.9. The van der Waals surface area contributed by atoms with Crippen molar-refractivity contribution in [1.82, 2.24) is 0 Å². The number of carbonyl (C=O) groups is 1. The second kappa shape index (κ2) is 6.91. The molecule has 0 aliphatic carbocycles. The van der Waals surface area contributed by atoms with E-state index in [1.807, 2.05) is 6.92 Å². The molecule has 19 heavy (non-hydrogen) atoms. The number of aryl methyl sites for hydroxylation is 1. The van der Waals surface area contributed by atoms with Gasteiger partial charge in [0.2, 0.25) is 0 Å². The molecule has 1 aromatic carbocycles. The predicted molar refractivity (Wildman–Crippen MR) is 77.5 cm³/mol. The minimum Gasteiger partial charge on any atom is -0.469 e. The lowest BCUT2D eigenvalue weighted by atomic mass is 10.2. The summed E-state index contributed by atoms with van der Waals surface area (Å²) in [5, 5.41) is 10.8. The fraction of sp³-hybridized carbons (Fsp3) is 0.417. The van der Waals surface area contributed by atoms with Crippen LogP contribution in [0.3, 0.4) is 0 Å². The third-order valence-corrected chi connectivity index (χ3v) is 4.54. The Balaban J connectivity index is 2.88. The van der Waals surface area contributed by atoms with Crippen molar-refractivity contribution in [2.75, 3.05) is 7.11 Å². The Bertz CT molecular complexity index is 507. The lowest BCUT2D eigenvalue weighted by Crippen LogP contribution is -2.08. The molecule has 1 rings (SSSR count). The molecular weight excluding hydrogens is 334 g/mol. The highest BCUT2D eigenvalue weighted by Gasteiger charge is 2.17. The quantitative estimate of drug-likeness (QED) is 0.351. The molecule has 1 atom stereocenters. The molecule has 0 aliphatic rings. The minimum atomic E-state index is -0.410. The fourth-order valence-corrected chi connectivity index (χ4v) is 3.19. The largest absolute Gasteiger partial charge is 0.469 e. The number of halogens is 1. The molecule has 0 spiro atoms. The van der Waals surface area contributed by atoms with Gasteiger partial charge in [-0.05, 0) is 28.9 Å². The number of thioether (sulfide) groups is 1. The van der Waals surface area contributed by atoms with Crippen LogP contribution in [0.5, 0.6) is 0 Å². The first-order valence-corrected chi connectivity index (χ1v) is 7.20. The van der Waals surface area contributed by atoms with E-state index >= 15 is 0 Å². The summed E-state index contributed by atoms with van der Waals surface area (Å²) >= 11 is 4.80. The van der Waals surface area contributed by atoms with Gasteiger partial charge in [0.1, 0.15) is 0 Å². The number of rotatable bonds is 5. The van der Waals surface area contributed by atoms with Crippen LogP contribution in [0, 0.1) is 17.0 Å². The van der Waals surface area contributed by atoms with Crippen molar-refractivity contribution in [3.05, 3.63) is 32.3 Å². The average molecular weight is 348 g/mol. The van der Waals surface area contributed by atoms with Crippen molar-refractivity contribution < 1.29 is 14.5 Å². The lowest BCUT2D eigenvalue weighted by molar-refractivity contribution is -0.385. The summed E-state index contributed by atoms with van der Waals surface area (Å²) in [4.78, 5) is 22.4. The predicted octanol–water partition coefficient (Wildman–Crippen LogP) is 3.71. The number of nitrogens with zero attached hydrogens (tertiary/aromatic N) is 1. The first-order valence-electron chi connectivity index (χ1n) is 5.53. The molecule has 0 aliphatic heterocycles. The number of ether oxygens (including phenoxy) is 1. The van der Waals surface area contributed by atoms with Gasteiger partial charge in [-0.25, -0.2) is 0 Å².